The van der Waals surface area contributed by atoms with Gasteiger partial charge in [-0.05, 0) is 17.9 Å². The number of carbonyl (C=O) groups excluding carboxylic acids is 1. The molecule has 1 unspecified atom stereocenters. The molecule has 1 heterocycles. The SMILES string of the molecule is CCSC1CC(=S(=O)=O)C(=O)N1c1ccc([N+](=O)[O-])cc1. The number of thioether (sulfide) groups is 1. The highest BCUT2D eigenvalue weighted by Gasteiger charge is 2.38. The molecule has 0 saturated carbocycles. The van der Waals surface area contributed by atoms with E-state index >= 15 is 0 Å². The Labute approximate surface area is 126 Å². The van der Waals surface area contributed by atoms with Crippen molar-refractivity contribution in [2.75, 3.05) is 10.7 Å². The zero-order valence-corrected chi connectivity index (χ0v) is 12.7. The van der Waals surface area contributed by atoms with Gasteiger partial charge in [0.1, 0.15) is 4.86 Å². The molecule has 21 heavy (non-hydrogen) atoms. The second kappa shape index (κ2) is 6.27. The lowest BCUT2D eigenvalue weighted by Gasteiger charge is -2.23. The molecule has 0 aromatic heterocycles. The first-order chi connectivity index (χ1) is 9.95. The highest BCUT2D eigenvalue weighted by molar-refractivity contribution is 8.00. The highest BCUT2D eigenvalue weighted by Crippen LogP contribution is 2.32. The second-order valence-electron chi connectivity index (χ2n) is 4.22. The van der Waals surface area contributed by atoms with E-state index in [1.54, 1.807) is 0 Å². The number of nitrogens with zero attached hydrogens (tertiary/aromatic N) is 2. The van der Waals surface area contributed by atoms with Gasteiger partial charge in [-0.3, -0.25) is 19.8 Å². The summed E-state index contributed by atoms with van der Waals surface area (Å²) in [6.07, 6.45) is 0.143. The van der Waals surface area contributed by atoms with Crippen LogP contribution in [0.15, 0.2) is 24.3 Å². The van der Waals surface area contributed by atoms with Crippen molar-refractivity contribution < 1.29 is 18.1 Å². The van der Waals surface area contributed by atoms with Crippen LogP contribution in [0.25, 0.3) is 0 Å². The number of benzene rings is 1. The third-order valence-corrected chi connectivity index (χ3v) is 4.84. The first-order valence-corrected chi connectivity index (χ1v) is 8.22. The molecule has 1 fully saturated rings. The highest BCUT2D eigenvalue weighted by atomic mass is 32.2. The normalized spacial score (nSPS) is 18.1. The van der Waals surface area contributed by atoms with Crippen LogP contribution >= 0.6 is 11.8 Å². The Kier molecular flexibility index (Phi) is 4.63. The topological polar surface area (TPSA) is 97.6 Å². The van der Waals surface area contributed by atoms with Crippen molar-refractivity contribution in [3.05, 3.63) is 34.4 Å². The molecule has 1 atom stereocenters. The number of non-ortho nitro benzene ring substituents is 1. The predicted molar refractivity (Wildman–Crippen MR) is 81.0 cm³/mol. The van der Waals surface area contributed by atoms with Crippen molar-refractivity contribution in [3.63, 3.8) is 0 Å². The molecule has 1 aromatic rings. The van der Waals surface area contributed by atoms with Crippen LogP contribution in [0.5, 0.6) is 0 Å². The number of amides is 1. The maximum absolute atomic E-state index is 12.2. The van der Waals surface area contributed by atoms with Crippen LogP contribution in [0.3, 0.4) is 0 Å². The van der Waals surface area contributed by atoms with Crippen molar-refractivity contribution in [1.82, 2.24) is 0 Å². The standard InChI is InChI=1S/C12H12N2O5S2/c1-2-20-11-7-10(21(18)19)12(15)13(11)8-3-5-9(6-4-8)14(16)17/h3-6,11H,2,7H2,1H3. The smallest absolute Gasteiger partial charge is 0.270 e. The maximum Gasteiger partial charge on any atom is 0.270 e. The largest absolute Gasteiger partial charge is 0.295 e. The summed E-state index contributed by atoms with van der Waals surface area (Å²) in [5.41, 5.74) is 0.374. The van der Waals surface area contributed by atoms with Gasteiger partial charge in [0, 0.05) is 24.2 Å². The van der Waals surface area contributed by atoms with E-state index in [0.717, 1.165) is 5.75 Å². The molecule has 1 aromatic carbocycles. The van der Waals surface area contributed by atoms with Crippen molar-refractivity contribution in [2.45, 2.75) is 18.7 Å². The Hall–Kier alpha value is -1.87. The molecule has 7 nitrogen and oxygen atoms in total. The van der Waals surface area contributed by atoms with Gasteiger partial charge >= 0.3 is 0 Å². The quantitative estimate of drug-likeness (QED) is 0.471. The molecule has 0 bridgehead atoms. The van der Waals surface area contributed by atoms with E-state index in [-0.39, 0.29) is 22.3 Å². The van der Waals surface area contributed by atoms with E-state index in [1.165, 1.54) is 40.9 Å². The van der Waals surface area contributed by atoms with Gasteiger partial charge in [-0.1, -0.05) is 6.92 Å². The zero-order valence-electron chi connectivity index (χ0n) is 11.1. The fourth-order valence-corrected chi connectivity index (χ4v) is 3.76. The second-order valence-corrected chi connectivity index (χ2v) is 6.64. The van der Waals surface area contributed by atoms with Crippen LogP contribution in [0.4, 0.5) is 11.4 Å². The Morgan fingerprint density at radius 3 is 2.48 bits per heavy atom. The van der Waals surface area contributed by atoms with Gasteiger partial charge in [-0.25, -0.2) is 0 Å². The van der Waals surface area contributed by atoms with E-state index in [1.807, 2.05) is 6.92 Å². The van der Waals surface area contributed by atoms with Gasteiger partial charge in [0.2, 0.25) is 10.3 Å². The number of hydrogen-bond donors (Lipinski definition) is 0. The molecule has 0 radical (unpaired) electrons. The Balaban J connectivity index is 2.41. The summed E-state index contributed by atoms with van der Waals surface area (Å²) < 4.78 is 22.2. The van der Waals surface area contributed by atoms with Crippen molar-refractivity contribution in [1.29, 1.82) is 0 Å². The van der Waals surface area contributed by atoms with Crippen LogP contribution in [-0.2, 0) is 15.1 Å². The molecule has 1 aliphatic rings. The van der Waals surface area contributed by atoms with Crippen molar-refractivity contribution in [2.24, 2.45) is 0 Å². The fourth-order valence-electron chi connectivity index (χ4n) is 2.09. The van der Waals surface area contributed by atoms with Crippen molar-refractivity contribution >= 4 is 44.2 Å². The van der Waals surface area contributed by atoms with Crippen LogP contribution in [-0.4, -0.2) is 35.2 Å². The molecule has 9 heteroatoms. The number of rotatable bonds is 4. The lowest BCUT2D eigenvalue weighted by molar-refractivity contribution is -0.384. The Morgan fingerprint density at radius 2 is 2.00 bits per heavy atom. The van der Waals surface area contributed by atoms with Crippen LogP contribution in [0.2, 0.25) is 0 Å². The van der Waals surface area contributed by atoms with E-state index in [4.69, 9.17) is 0 Å². The van der Waals surface area contributed by atoms with Crippen LogP contribution in [0.1, 0.15) is 13.3 Å². The molecule has 1 amide bonds. The number of nitro groups is 1. The molecular weight excluding hydrogens is 316 g/mol. The van der Waals surface area contributed by atoms with Crippen LogP contribution in [0, 0.1) is 10.1 Å². The lowest BCUT2D eigenvalue weighted by atomic mass is 10.2. The average Bonchev–Trinajstić information content (AvgIpc) is 2.76. The summed E-state index contributed by atoms with van der Waals surface area (Å²) in [7, 11) is -2.55. The molecule has 0 spiro atoms. The summed E-state index contributed by atoms with van der Waals surface area (Å²) in [5.74, 6) is 0.156. The van der Waals surface area contributed by atoms with E-state index in [9.17, 15) is 23.3 Å². The summed E-state index contributed by atoms with van der Waals surface area (Å²) in [4.78, 5) is 23.5. The van der Waals surface area contributed by atoms with Gasteiger partial charge in [-0.15, -0.1) is 11.8 Å². The van der Waals surface area contributed by atoms with Gasteiger partial charge in [0.25, 0.3) is 11.6 Å². The zero-order chi connectivity index (χ0) is 15.6. The summed E-state index contributed by atoms with van der Waals surface area (Å²) in [6, 6.07) is 5.50. The molecular formula is C12H12N2O5S2. The molecule has 1 saturated heterocycles. The number of carbonyl (C=O) groups is 1. The molecule has 0 N–H and O–H groups in total. The average molecular weight is 328 g/mol. The van der Waals surface area contributed by atoms with Gasteiger partial charge in [0.05, 0.1) is 10.3 Å². The minimum Gasteiger partial charge on any atom is -0.295 e. The summed E-state index contributed by atoms with van der Waals surface area (Å²) in [6.45, 7) is 1.91. The minimum atomic E-state index is -2.55. The summed E-state index contributed by atoms with van der Waals surface area (Å²) in [5, 5.41) is 10.3. The van der Waals surface area contributed by atoms with Gasteiger partial charge in [0.15, 0.2) is 0 Å². The molecule has 2 rings (SSSR count). The maximum atomic E-state index is 12.2. The molecule has 0 aliphatic carbocycles. The number of hydrogen-bond acceptors (Lipinski definition) is 6. The lowest BCUT2D eigenvalue weighted by Crippen LogP contribution is -2.32. The summed E-state index contributed by atoms with van der Waals surface area (Å²) >= 11 is 1.45. The predicted octanol–water partition coefficient (Wildman–Crippen LogP) is 1.46. The van der Waals surface area contributed by atoms with Crippen LogP contribution < -0.4 is 4.90 Å². The Morgan fingerprint density at radius 1 is 1.38 bits per heavy atom. The Bertz CT molecular complexity index is 704. The monoisotopic (exact) mass is 328 g/mol. The third kappa shape index (κ3) is 3.08. The minimum absolute atomic E-state index is 0.0818. The first-order valence-electron chi connectivity index (χ1n) is 6.10. The van der Waals surface area contributed by atoms with Gasteiger partial charge in [-0.2, -0.15) is 8.42 Å². The number of anilines is 1. The molecule has 1 aliphatic heterocycles. The third-order valence-electron chi connectivity index (χ3n) is 3.00. The van der Waals surface area contributed by atoms with Crippen molar-refractivity contribution in [3.8, 4) is 0 Å². The number of nitro benzene ring substituents is 1. The fraction of sp³-hybridized carbons (Fsp3) is 0.333. The van der Waals surface area contributed by atoms with E-state index in [0.29, 0.717) is 5.69 Å². The van der Waals surface area contributed by atoms with E-state index < -0.39 is 21.1 Å². The molecule has 112 valence electrons. The first kappa shape index (κ1) is 15.5. The van der Waals surface area contributed by atoms with Gasteiger partial charge < -0.3 is 0 Å². The van der Waals surface area contributed by atoms with E-state index in [2.05, 4.69) is 0 Å².